The maximum Gasteiger partial charge on any atom is 0.188 e. The third-order valence-corrected chi connectivity index (χ3v) is 2.75. The first-order valence-corrected chi connectivity index (χ1v) is 5.52. The molecule has 1 heterocycles. The molecule has 13 heavy (non-hydrogen) atoms. The van der Waals surface area contributed by atoms with E-state index in [0.29, 0.717) is 0 Å². The number of hydrogen-bond acceptors (Lipinski definition) is 3. The summed E-state index contributed by atoms with van der Waals surface area (Å²) < 4.78 is 0. The largest absolute Gasteiger partial charge is 0.350 e. The van der Waals surface area contributed by atoms with E-state index in [-0.39, 0.29) is 0 Å². The van der Waals surface area contributed by atoms with Crippen molar-refractivity contribution in [1.82, 2.24) is 9.88 Å². The van der Waals surface area contributed by atoms with Gasteiger partial charge in [-0.2, -0.15) is 0 Å². The molecule has 0 radical (unpaired) electrons. The van der Waals surface area contributed by atoms with Crippen LogP contribution in [0.4, 0.5) is 5.13 Å². The zero-order valence-corrected chi connectivity index (χ0v) is 9.41. The van der Waals surface area contributed by atoms with Crippen molar-refractivity contribution in [3.8, 4) is 0 Å². The smallest absolute Gasteiger partial charge is 0.188 e. The van der Waals surface area contributed by atoms with Gasteiger partial charge in [-0.3, -0.25) is 0 Å². The predicted octanol–water partition coefficient (Wildman–Crippen LogP) is 2.18. The summed E-state index contributed by atoms with van der Waals surface area (Å²) in [4.78, 5) is 6.18. The quantitative estimate of drug-likeness (QED) is 0.782. The van der Waals surface area contributed by atoms with E-state index in [1.165, 1.54) is 0 Å². The van der Waals surface area contributed by atoms with Gasteiger partial charge < -0.3 is 10.2 Å². The molecule has 1 rings (SSSR count). The summed E-state index contributed by atoms with van der Waals surface area (Å²) in [6.45, 7) is 6.01. The van der Waals surface area contributed by atoms with E-state index < -0.39 is 0 Å². The van der Waals surface area contributed by atoms with Gasteiger partial charge in [0.1, 0.15) is 0 Å². The van der Waals surface area contributed by atoms with Gasteiger partial charge in [0.2, 0.25) is 0 Å². The Morgan fingerprint density at radius 2 is 2.31 bits per heavy atom. The minimum atomic E-state index is 0.750. The van der Waals surface area contributed by atoms with Crippen LogP contribution in [0.25, 0.3) is 0 Å². The van der Waals surface area contributed by atoms with Gasteiger partial charge in [-0.1, -0.05) is 0 Å². The van der Waals surface area contributed by atoms with E-state index in [2.05, 4.69) is 29.0 Å². The molecule has 0 unspecified atom stereocenters. The number of aromatic nitrogens is 1. The van der Waals surface area contributed by atoms with Crippen LogP contribution < -0.4 is 5.32 Å². The maximum atomic E-state index is 5.20. The topological polar surface area (TPSA) is 28.2 Å². The van der Waals surface area contributed by atoms with Gasteiger partial charge in [0.05, 0.1) is 0 Å². The lowest BCUT2D eigenvalue weighted by Gasteiger charge is -2.21. The molecule has 0 bridgehead atoms. The maximum absolute atomic E-state index is 5.20. The van der Waals surface area contributed by atoms with Crippen molar-refractivity contribution in [2.24, 2.45) is 0 Å². The van der Waals surface area contributed by atoms with Crippen LogP contribution in [0.3, 0.4) is 0 Å². The fraction of sp³-hybridized carbons (Fsp3) is 0.500. The molecule has 0 aliphatic carbocycles. The molecule has 0 saturated heterocycles. The van der Waals surface area contributed by atoms with Crippen molar-refractivity contribution >= 4 is 33.8 Å². The summed E-state index contributed by atoms with van der Waals surface area (Å²) in [5.74, 6) is 0. The van der Waals surface area contributed by atoms with Gasteiger partial charge >= 0.3 is 0 Å². The summed E-state index contributed by atoms with van der Waals surface area (Å²) in [5.41, 5.74) is 0. The van der Waals surface area contributed by atoms with E-state index in [0.717, 1.165) is 23.3 Å². The fourth-order valence-electron chi connectivity index (χ4n) is 0.967. The third-order valence-electron chi connectivity index (χ3n) is 1.70. The van der Waals surface area contributed by atoms with Gasteiger partial charge in [0.15, 0.2) is 10.2 Å². The fourth-order valence-corrected chi connectivity index (χ4v) is 1.91. The summed E-state index contributed by atoms with van der Waals surface area (Å²) in [6.07, 6.45) is 1.76. The van der Waals surface area contributed by atoms with Gasteiger partial charge in [-0.25, -0.2) is 4.98 Å². The van der Waals surface area contributed by atoms with E-state index >= 15 is 0 Å². The minimum absolute atomic E-state index is 0.750. The van der Waals surface area contributed by atoms with Crippen LogP contribution in [0.15, 0.2) is 11.6 Å². The summed E-state index contributed by atoms with van der Waals surface area (Å²) in [5, 5.41) is 6.62. The Balaban J connectivity index is 2.49. The predicted molar refractivity (Wildman–Crippen MR) is 61.3 cm³/mol. The molecule has 1 aromatic rings. The average Bonchev–Trinajstić information content (AvgIpc) is 2.59. The molecule has 1 N–H and O–H groups in total. The van der Waals surface area contributed by atoms with Crippen LogP contribution in [0.1, 0.15) is 13.8 Å². The SMILES string of the molecule is CCN(CC)C(=S)Nc1nccs1. The number of nitrogens with one attached hydrogen (secondary N) is 1. The Kier molecular flexibility index (Phi) is 4.11. The van der Waals surface area contributed by atoms with Gasteiger partial charge in [-0.05, 0) is 26.1 Å². The molecule has 0 aliphatic rings. The van der Waals surface area contributed by atoms with Crippen molar-refractivity contribution in [2.45, 2.75) is 13.8 Å². The minimum Gasteiger partial charge on any atom is -0.350 e. The molecule has 0 spiro atoms. The second-order valence-corrected chi connectivity index (χ2v) is 3.72. The van der Waals surface area contributed by atoms with Crippen molar-refractivity contribution < 1.29 is 0 Å². The summed E-state index contributed by atoms with van der Waals surface area (Å²) in [7, 11) is 0. The Labute approximate surface area is 87.8 Å². The standard InChI is InChI=1S/C8H13N3S2/c1-3-11(4-2)8(12)10-7-9-5-6-13-7/h5-6H,3-4H2,1-2H3,(H,9,10,12). The lowest BCUT2D eigenvalue weighted by atomic mass is 10.5. The van der Waals surface area contributed by atoms with Crippen molar-refractivity contribution in [3.63, 3.8) is 0 Å². The third kappa shape index (κ3) is 2.93. The lowest BCUT2D eigenvalue weighted by molar-refractivity contribution is 0.473. The Morgan fingerprint density at radius 3 is 2.77 bits per heavy atom. The number of thiazole rings is 1. The monoisotopic (exact) mass is 215 g/mol. The second-order valence-electron chi connectivity index (χ2n) is 2.44. The highest BCUT2D eigenvalue weighted by molar-refractivity contribution is 7.80. The average molecular weight is 215 g/mol. The van der Waals surface area contributed by atoms with E-state index in [1.807, 2.05) is 5.38 Å². The zero-order chi connectivity index (χ0) is 9.68. The molecular weight excluding hydrogens is 202 g/mol. The van der Waals surface area contributed by atoms with Crippen LogP contribution in [0, 0.1) is 0 Å². The van der Waals surface area contributed by atoms with Crippen molar-refractivity contribution in [1.29, 1.82) is 0 Å². The number of rotatable bonds is 3. The molecule has 0 saturated carbocycles. The van der Waals surface area contributed by atoms with Crippen LogP contribution in [0.5, 0.6) is 0 Å². The molecule has 0 atom stereocenters. The van der Waals surface area contributed by atoms with E-state index in [4.69, 9.17) is 12.2 Å². The molecule has 0 aliphatic heterocycles. The first-order chi connectivity index (χ1) is 6.27. The number of thiocarbonyl (C=S) groups is 1. The molecule has 0 fully saturated rings. The highest BCUT2D eigenvalue weighted by Crippen LogP contribution is 2.10. The van der Waals surface area contributed by atoms with Gasteiger partial charge in [0, 0.05) is 24.7 Å². The molecular formula is C8H13N3S2. The molecule has 5 heteroatoms. The Hall–Kier alpha value is -0.680. The first kappa shape index (κ1) is 10.4. The summed E-state index contributed by atoms with van der Waals surface area (Å²) >= 11 is 6.76. The van der Waals surface area contributed by atoms with Crippen LogP contribution in [-0.2, 0) is 0 Å². The second kappa shape index (κ2) is 5.14. The number of nitrogens with zero attached hydrogens (tertiary/aromatic N) is 2. The lowest BCUT2D eigenvalue weighted by Crippen LogP contribution is -2.34. The molecule has 3 nitrogen and oxygen atoms in total. The van der Waals surface area contributed by atoms with Crippen LogP contribution in [-0.4, -0.2) is 28.1 Å². The van der Waals surface area contributed by atoms with Gasteiger partial charge in [0.25, 0.3) is 0 Å². The molecule has 72 valence electrons. The number of hydrogen-bond donors (Lipinski definition) is 1. The molecule has 0 amide bonds. The number of anilines is 1. The van der Waals surface area contributed by atoms with Gasteiger partial charge in [-0.15, -0.1) is 11.3 Å². The Bertz CT molecular complexity index is 254. The van der Waals surface area contributed by atoms with Crippen LogP contribution >= 0.6 is 23.6 Å². The summed E-state index contributed by atoms with van der Waals surface area (Å²) in [6, 6.07) is 0. The zero-order valence-electron chi connectivity index (χ0n) is 7.78. The van der Waals surface area contributed by atoms with Crippen molar-refractivity contribution in [2.75, 3.05) is 18.4 Å². The Morgan fingerprint density at radius 1 is 1.62 bits per heavy atom. The van der Waals surface area contributed by atoms with Crippen molar-refractivity contribution in [3.05, 3.63) is 11.6 Å². The molecule has 0 aromatic carbocycles. The van der Waals surface area contributed by atoms with Crippen LogP contribution in [0.2, 0.25) is 0 Å². The van der Waals surface area contributed by atoms with E-state index in [1.54, 1.807) is 17.5 Å². The van der Waals surface area contributed by atoms with E-state index in [9.17, 15) is 0 Å². The normalized spacial score (nSPS) is 9.69. The molecule has 1 aromatic heterocycles. The first-order valence-electron chi connectivity index (χ1n) is 4.23. The highest BCUT2D eigenvalue weighted by atomic mass is 32.1. The highest BCUT2D eigenvalue weighted by Gasteiger charge is 2.05.